The molecule has 0 spiro atoms. The largest absolute Gasteiger partial charge is 0.381 e. The first-order chi connectivity index (χ1) is 3.86. The second-order valence-corrected chi connectivity index (χ2v) is 3.23. The van der Waals surface area contributed by atoms with E-state index in [1.54, 1.807) is 7.11 Å². The van der Waals surface area contributed by atoms with E-state index >= 15 is 0 Å². The van der Waals surface area contributed by atoms with Crippen LogP contribution in [0.4, 0.5) is 0 Å². The summed E-state index contributed by atoms with van der Waals surface area (Å²) in [6.07, 6.45) is 3.17. The minimum absolute atomic E-state index is 0.592. The number of ether oxygens (including phenoxy) is 1. The molecule has 1 aliphatic carbocycles. The van der Waals surface area contributed by atoms with Crippen LogP contribution in [0, 0.1) is 5.92 Å². The van der Waals surface area contributed by atoms with Crippen LogP contribution < -0.4 is 0 Å². The Hall–Kier alpha value is 0.690. The van der Waals surface area contributed by atoms with E-state index in [1.165, 1.54) is 17.3 Å². The Bertz CT molecular complexity index is 60.9. The molecule has 0 saturated heterocycles. The van der Waals surface area contributed by atoms with Crippen molar-refractivity contribution in [3.05, 3.63) is 0 Å². The van der Waals surface area contributed by atoms with Gasteiger partial charge in [-0.15, -0.1) is 0 Å². The Labute approximate surface area is 63.9 Å². The van der Waals surface area contributed by atoms with Gasteiger partial charge in [0.05, 0.1) is 6.10 Å². The summed E-state index contributed by atoms with van der Waals surface area (Å²) < 4.78 is 6.42. The van der Waals surface area contributed by atoms with Crippen molar-refractivity contribution >= 4 is 22.6 Å². The molecule has 0 aromatic heterocycles. The zero-order valence-corrected chi connectivity index (χ0v) is 7.22. The van der Waals surface area contributed by atoms with Gasteiger partial charge in [-0.3, -0.25) is 0 Å². The standard InChI is InChI=1S/C6H11IO/c1-8-6-2-5(3-6)4-7/h5-6H,2-4H2,1H3. The molecule has 0 aromatic rings. The van der Waals surface area contributed by atoms with E-state index in [2.05, 4.69) is 22.6 Å². The summed E-state index contributed by atoms with van der Waals surface area (Å²) in [7, 11) is 1.80. The van der Waals surface area contributed by atoms with Crippen molar-refractivity contribution in [1.29, 1.82) is 0 Å². The molecule has 0 N–H and O–H groups in total. The lowest BCUT2D eigenvalue weighted by Crippen LogP contribution is -2.30. The SMILES string of the molecule is COC1CC(CI)C1. The second-order valence-electron chi connectivity index (χ2n) is 2.35. The topological polar surface area (TPSA) is 9.23 Å². The minimum Gasteiger partial charge on any atom is -0.381 e. The summed E-state index contributed by atoms with van der Waals surface area (Å²) in [6.45, 7) is 0. The number of hydrogen-bond acceptors (Lipinski definition) is 1. The Morgan fingerprint density at radius 3 is 2.62 bits per heavy atom. The van der Waals surface area contributed by atoms with Crippen molar-refractivity contribution < 1.29 is 4.74 Å². The highest BCUT2D eigenvalue weighted by atomic mass is 127. The predicted octanol–water partition coefficient (Wildman–Crippen LogP) is 1.85. The van der Waals surface area contributed by atoms with Crippen molar-refractivity contribution in [1.82, 2.24) is 0 Å². The highest BCUT2D eigenvalue weighted by Crippen LogP contribution is 2.30. The summed E-state index contributed by atoms with van der Waals surface area (Å²) in [4.78, 5) is 0. The molecule has 0 bridgehead atoms. The zero-order valence-electron chi connectivity index (χ0n) is 5.06. The Balaban J connectivity index is 2.03. The average Bonchev–Trinajstić information content (AvgIpc) is 1.65. The normalized spacial score (nSPS) is 36.8. The monoisotopic (exact) mass is 226 g/mol. The minimum atomic E-state index is 0.592. The molecule has 0 amide bonds. The lowest BCUT2D eigenvalue weighted by atomic mass is 9.84. The zero-order chi connectivity index (χ0) is 5.98. The number of methoxy groups -OCH3 is 1. The summed E-state index contributed by atoms with van der Waals surface area (Å²) in [6, 6.07) is 0. The highest BCUT2D eigenvalue weighted by molar-refractivity contribution is 14.1. The van der Waals surface area contributed by atoms with Crippen LogP contribution >= 0.6 is 22.6 Å². The molecule has 2 heteroatoms. The van der Waals surface area contributed by atoms with Gasteiger partial charge < -0.3 is 4.74 Å². The van der Waals surface area contributed by atoms with Gasteiger partial charge in [-0.1, -0.05) is 22.6 Å². The molecule has 1 rings (SSSR count). The van der Waals surface area contributed by atoms with Crippen LogP contribution in [0.1, 0.15) is 12.8 Å². The van der Waals surface area contributed by atoms with Gasteiger partial charge in [-0.25, -0.2) is 0 Å². The number of alkyl halides is 1. The van der Waals surface area contributed by atoms with Crippen LogP contribution in [-0.4, -0.2) is 17.6 Å². The van der Waals surface area contributed by atoms with E-state index in [0.717, 1.165) is 5.92 Å². The fourth-order valence-corrected chi connectivity index (χ4v) is 1.71. The fraction of sp³-hybridized carbons (Fsp3) is 1.00. The van der Waals surface area contributed by atoms with Gasteiger partial charge in [0.15, 0.2) is 0 Å². The highest BCUT2D eigenvalue weighted by Gasteiger charge is 2.27. The quantitative estimate of drug-likeness (QED) is 0.515. The van der Waals surface area contributed by atoms with E-state index in [0.29, 0.717) is 6.10 Å². The summed E-state index contributed by atoms with van der Waals surface area (Å²) >= 11 is 2.44. The summed E-state index contributed by atoms with van der Waals surface area (Å²) in [5, 5.41) is 0. The van der Waals surface area contributed by atoms with Gasteiger partial charge in [-0.2, -0.15) is 0 Å². The molecule has 48 valence electrons. The third-order valence-electron chi connectivity index (χ3n) is 1.74. The predicted molar refractivity (Wildman–Crippen MR) is 42.4 cm³/mol. The molecule has 0 radical (unpaired) electrons. The van der Waals surface area contributed by atoms with Crippen LogP contribution in [0.2, 0.25) is 0 Å². The number of hydrogen-bond donors (Lipinski definition) is 0. The van der Waals surface area contributed by atoms with Gasteiger partial charge in [0.1, 0.15) is 0 Å². The van der Waals surface area contributed by atoms with Crippen molar-refractivity contribution in [2.75, 3.05) is 11.5 Å². The van der Waals surface area contributed by atoms with Crippen LogP contribution in [0.15, 0.2) is 0 Å². The average molecular weight is 226 g/mol. The summed E-state index contributed by atoms with van der Waals surface area (Å²) in [5.74, 6) is 0.959. The van der Waals surface area contributed by atoms with Crippen molar-refractivity contribution in [2.24, 2.45) is 5.92 Å². The van der Waals surface area contributed by atoms with Gasteiger partial charge >= 0.3 is 0 Å². The fourth-order valence-electron chi connectivity index (χ4n) is 0.993. The van der Waals surface area contributed by atoms with Crippen LogP contribution in [0.5, 0.6) is 0 Å². The molecule has 8 heavy (non-hydrogen) atoms. The maximum absolute atomic E-state index is 5.11. The first-order valence-electron chi connectivity index (χ1n) is 2.95. The molecule has 1 nitrogen and oxygen atoms in total. The molecule has 0 atom stereocenters. The molecule has 0 aromatic carbocycles. The van der Waals surface area contributed by atoms with Gasteiger partial charge in [0, 0.05) is 11.5 Å². The van der Waals surface area contributed by atoms with E-state index in [-0.39, 0.29) is 0 Å². The second kappa shape index (κ2) is 3.01. The van der Waals surface area contributed by atoms with Crippen molar-refractivity contribution in [2.45, 2.75) is 18.9 Å². The van der Waals surface area contributed by atoms with Gasteiger partial charge in [0.25, 0.3) is 0 Å². The third kappa shape index (κ3) is 1.35. The van der Waals surface area contributed by atoms with Gasteiger partial charge in [-0.05, 0) is 18.8 Å². The molecule has 1 saturated carbocycles. The van der Waals surface area contributed by atoms with E-state index in [9.17, 15) is 0 Å². The molecule has 0 aliphatic heterocycles. The molecular weight excluding hydrogens is 215 g/mol. The van der Waals surface area contributed by atoms with E-state index < -0.39 is 0 Å². The van der Waals surface area contributed by atoms with Crippen LogP contribution in [-0.2, 0) is 4.74 Å². The first-order valence-corrected chi connectivity index (χ1v) is 4.48. The molecule has 0 unspecified atom stereocenters. The Kier molecular flexibility index (Phi) is 2.56. The van der Waals surface area contributed by atoms with Crippen LogP contribution in [0.3, 0.4) is 0 Å². The summed E-state index contributed by atoms with van der Waals surface area (Å²) in [5.41, 5.74) is 0. The Morgan fingerprint density at radius 1 is 1.62 bits per heavy atom. The molecule has 1 fully saturated rings. The van der Waals surface area contributed by atoms with Crippen molar-refractivity contribution in [3.8, 4) is 0 Å². The van der Waals surface area contributed by atoms with Crippen LogP contribution in [0.25, 0.3) is 0 Å². The van der Waals surface area contributed by atoms with E-state index in [1.807, 2.05) is 0 Å². The maximum atomic E-state index is 5.11. The molecule has 0 heterocycles. The number of rotatable bonds is 2. The lowest BCUT2D eigenvalue weighted by Gasteiger charge is -2.32. The smallest absolute Gasteiger partial charge is 0.0577 e. The first kappa shape index (κ1) is 6.81. The van der Waals surface area contributed by atoms with Gasteiger partial charge in [0.2, 0.25) is 0 Å². The van der Waals surface area contributed by atoms with E-state index in [4.69, 9.17) is 4.74 Å². The third-order valence-corrected chi connectivity index (χ3v) is 2.99. The Morgan fingerprint density at radius 2 is 2.25 bits per heavy atom. The van der Waals surface area contributed by atoms with Crippen molar-refractivity contribution in [3.63, 3.8) is 0 Å². The molecular formula is C6H11IO. The lowest BCUT2D eigenvalue weighted by molar-refractivity contribution is 0.00995. The maximum Gasteiger partial charge on any atom is 0.0577 e. The number of halogens is 1. The molecule has 1 aliphatic rings.